The summed E-state index contributed by atoms with van der Waals surface area (Å²) in [5, 5.41) is 3.51. The molecule has 3 rings (SSSR count). The number of carbonyl (C=O) groups excluding carboxylic acids is 1. The Hall–Kier alpha value is -2.37. The zero-order chi connectivity index (χ0) is 15.5. The third-order valence-corrected chi connectivity index (χ3v) is 3.18. The molecule has 1 amide bonds. The molecule has 5 nitrogen and oxygen atoms in total. The second kappa shape index (κ2) is 6.17. The summed E-state index contributed by atoms with van der Waals surface area (Å²) in [5.74, 6) is -0.154. The van der Waals surface area contributed by atoms with Crippen molar-refractivity contribution in [1.82, 2.24) is 9.97 Å². The lowest BCUT2D eigenvalue weighted by molar-refractivity contribution is 0.102. The van der Waals surface area contributed by atoms with Crippen molar-refractivity contribution >= 4 is 34.8 Å². The first-order valence-corrected chi connectivity index (χ1v) is 7.02. The zero-order valence-electron chi connectivity index (χ0n) is 11.1. The van der Waals surface area contributed by atoms with Crippen molar-refractivity contribution < 1.29 is 9.21 Å². The molecule has 2 heterocycles. The molecule has 0 spiro atoms. The molecule has 0 unspecified atom stereocenters. The number of carbonyl (C=O) groups is 1. The van der Waals surface area contributed by atoms with Gasteiger partial charge in [-0.1, -0.05) is 29.3 Å². The van der Waals surface area contributed by atoms with Gasteiger partial charge in [0.2, 0.25) is 5.89 Å². The lowest BCUT2D eigenvalue weighted by Gasteiger charge is -2.04. The number of pyridine rings is 1. The van der Waals surface area contributed by atoms with Gasteiger partial charge in [0.15, 0.2) is 5.69 Å². The highest BCUT2D eigenvalue weighted by atomic mass is 35.5. The van der Waals surface area contributed by atoms with Crippen molar-refractivity contribution in [2.45, 2.75) is 0 Å². The number of rotatable bonds is 3. The number of nitrogens with zero attached hydrogens (tertiary/aromatic N) is 2. The maximum atomic E-state index is 12.1. The van der Waals surface area contributed by atoms with Crippen molar-refractivity contribution in [3.05, 3.63) is 64.6 Å². The maximum Gasteiger partial charge on any atom is 0.277 e. The van der Waals surface area contributed by atoms with E-state index in [-0.39, 0.29) is 11.6 Å². The first-order chi connectivity index (χ1) is 10.6. The Balaban J connectivity index is 1.80. The number of oxazole rings is 1. The van der Waals surface area contributed by atoms with Crippen molar-refractivity contribution in [1.29, 1.82) is 0 Å². The van der Waals surface area contributed by atoms with Crippen molar-refractivity contribution in [2.75, 3.05) is 5.32 Å². The highest BCUT2D eigenvalue weighted by molar-refractivity contribution is 6.35. The predicted molar refractivity (Wildman–Crippen MR) is 84.1 cm³/mol. The summed E-state index contributed by atoms with van der Waals surface area (Å²) >= 11 is 11.8. The Morgan fingerprint density at radius 1 is 1.14 bits per heavy atom. The van der Waals surface area contributed by atoms with Gasteiger partial charge in [-0.3, -0.25) is 9.78 Å². The van der Waals surface area contributed by atoms with E-state index in [2.05, 4.69) is 15.3 Å². The molecule has 3 aromatic rings. The number of hydrogen-bond acceptors (Lipinski definition) is 4. The van der Waals surface area contributed by atoms with Crippen LogP contribution in [-0.4, -0.2) is 15.9 Å². The van der Waals surface area contributed by atoms with Crippen LogP contribution in [0.1, 0.15) is 10.5 Å². The van der Waals surface area contributed by atoms with Crippen LogP contribution in [-0.2, 0) is 0 Å². The van der Waals surface area contributed by atoms with E-state index in [0.717, 1.165) is 0 Å². The summed E-state index contributed by atoms with van der Waals surface area (Å²) in [6.45, 7) is 0. The summed E-state index contributed by atoms with van der Waals surface area (Å²) in [6, 6.07) is 10.1. The fourth-order valence-electron chi connectivity index (χ4n) is 1.81. The number of nitrogens with one attached hydrogen (secondary N) is 1. The fraction of sp³-hybridized carbons (Fsp3) is 0. The SMILES string of the molecule is O=C(Nc1cc(Cl)cc(Cl)c1)c1coc(-c2ccccn2)n1. The van der Waals surface area contributed by atoms with Crippen LogP contribution in [0.4, 0.5) is 5.69 Å². The average Bonchev–Trinajstić information content (AvgIpc) is 2.97. The molecule has 0 saturated carbocycles. The van der Waals surface area contributed by atoms with E-state index in [4.69, 9.17) is 27.6 Å². The van der Waals surface area contributed by atoms with Crippen LogP contribution >= 0.6 is 23.2 Å². The molecule has 0 atom stereocenters. The number of amides is 1. The molecule has 7 heteroatoms. The average molecular weight is 334 g/mol. The van der Waals surface area contributed by atoms with E-state index in [0.29, 0.717) is 21.4 Å². The lowest BCUT2D eigenvalue weighted by Crippen LogP contribution is -2.12. The molecule has 0 bridgehead atoms. The number of hydrogen-bond donors (Lipinski definition) is 1. The third kappa shape index (κ3) is 3.27. The molecule has 110 valence electrons. The molecular weight excluding hydrogens is 325 g/mol. The monoisotopic (exact) mass is 333 g/mol. The van der Waals surface area contributed by atoms with E-state index in [9.17, 15) is 4.79 Å². The first-order valence-electron chi connectivity index (χ1n) is 6.26. The molecule has 0 aliphatic rings. The molecule has 1 aromatic carbocycles. The predicted octanol–water partition coefficient (Wildman–Crippen LogP) is 4.30. The summed E-state index contributed by atoms with van der Waals surface area (Å²) in [7, 11) is 0. The zero-order valence-corrected chi connectivity index (χ0v) is 12.6. The minimum atomic E-state index is -0.427. The van der Waals surface area contributed by atoms with Crippen LogP contribution in [0.15, 0.2) is 53.3 Å². The second-order valence-electron chi connectivity index (χ2n) is 4.37. The third-order valence-electron chi connectivity index (χ3n) is 2.74. The van der Waals surface area contributed by atoms with Gasteiger partial charge in [0.1, 0.15) is 12.0 Å². The van der Waals surface area contributed by atoms with Gasteiger partial charge in [0.05, 0.1) is 0 Å². The van der Waals surface area contributed by atoms with Crippen molar-refractivity contribution in [2.24, 2.45) is 0 Å². The Bertz CT molecular complexity index is 798. The molecule has 1 N–H and O–H groups in total. The standard InChI is InChI=1S/C15H9Cl2N3O2/c16-9-5-10(17)7-11(6-9)19-14(21)13-8-22-15(20-13)12-3-1-2-4-18-12/h1-8H,(H,19,21). The van der Waals surface area contributed by atoms with E-state index in [1.165, 1.54) is 6.26 Å². The van der Waals surface area contributed by atoms with E-state index in [1.54, 1.807) is 42.6 Å². The lowest BCUT2D eigenvalue weighted by atomic mass is 10.3. The Morgan fingerprint density at radius 2 is 1.91 bits per heavy atom. The van der Waals surface area contributed by atoms with Gasteiger partial charge in [-0.05, 0) is 30.3 Å². The summed E-state index contributed by atoms with van der Waals surface area (Å²) in [4.78, 5) is 20.4. The minimum Gasteiger partial charge on any atom is -0.442 e. The second-order valence-corrected chi connectivity index (χ2v) is 5.24. The highest BCUT2D eigenvalue weighted by Crippen LogP contribution is 2.23. The van der Waals surface area contributed by atoms with E-state index < -0.39 is 5.91 Å². The highest BCUT2D eigenvalue weighted by Gasteiger charge is 2.14. The van der Waals surface area contributed by atoms with Crippen LogP contribution in [0.2, 0.25) is 10.0 Å². The first kappa shape index (κ1) is 14.6. The maximum absolute atomic E-state index is 12.1. The molecule has 0 aliphatic carbocycles. The van der Waals surface area contributed by atoms with Gasteiger partial charge >= 0.3 is 0 Å². The molecule has 2 aromatic heterocycles. The number of anilines is 1. The van der Waals surface area contributed by atoms with Gasteiger partial charge in [0.25, 0.3) is 5.91 Å². The van der Waals surface area contributed by atoms with Crippen LogP contribution in [0, 0.1) is 0 Å². The van der Waals surface area contributed by atoms with Crippen molar-refractivity contribution in [3.63, 3.8) is 0 Å². The number of aromatic nitrogens is 2. The largest absolute Gasteiger partial charge is 0.442 e. The summed E-state index contributed by atoms with van der Waals surface area (Å²) in [6.07, 6.45) is 2.89. The minimum absolute atomic E-state index is 0.136. The molecule has 0 saturated heterocycles. The van der Waals surface area contributed by atoms with Gasteiger partial charge in [0, 0.05) is 21.9 Å². The van der Waals surface area contributed by atoms with E-state index in [1.807, 2.05) is 0 Å². The number of benzene rings is 1. The van der Waals surface area contributed by atoms with Crippen molar-refractivity contribution in [3.8, 4) is 11.6 Å². The summed E-state index contributed by atoms with van der Waals surface area (Å²) < 4.78 is 5.27. The number of halogens is 2. The van der Waals surface area contributed by atoms with Gasteiger partial charge < -0.3 is 9.73 Å². The Kier molecular flexibility index (Phi) is 4.09. The van der Waals surface area contributed by atoms with Crippen LogP contribution in [0.25, 0.3) is 11.6 Å². The fourth-order valence-corrected chi connectivity index (χ4v) is 2.33. The van der Waals surface area contributed by atoms with Crippen LogP contribution < -0.4 is 5.32 Å². The van der Waals surface area contributed by atoms with Gasteiger partial charge in [-0.15, -0.1) is 0 Å². The normalized spacial score (nSPS) is 10.5. The van der Waals surface area contributed by atoms with Crippen LogP contribution in [0.3, 0.4) is 0 Å². The topological polar surface area (TPSA) is 68.0 Å². The quantitative estimate of drug-likeness (QED) is 0.776. The molecule has 22 heavy (non-hydrogen) atoms. The van der Waals surface area contributed by atoms with Gasteiger partial charge in [-0.25, -0.2) is 4.98 Å². The Labute approximate surface area is 135 Å². The smallest absolute Gasteiger partial charge is 0.277 e. The molecule has 0 radical (unpaired) electrons. The van der Waals surface area contributed by atoms with Gasteiger partial charge in [-0.2, -0.15) is 0 Å². The molecular formula is C15H9Cl2N3O2. The van der Waals surface area contributed by atoms with E-state index >= 15 is 0 Å². The molecule has 0 aliphatic heterocycles. The molecule has 0 fully saturated rings. The van der Waals surface area contributed by atoms with Crippen LogP contribution in [0.5, 0.6) is 0 Å². The summed E-state index contributed by atoms with van der Waals surface area (Å²) in [5.41, 5.74) is 1.16. The Morgan fingerprint density at radius 3 is 2.59 bits per heavy atom.